The molecule has 0 spiro atoms. The molecule has 0 unspecified atom stereocenters. The van der Waals surface area contributed by atoms with Crippen molar-refractivity contribution >= 4 is 50.1 Å². The Bertz CT molecular complexity index is 1270. The summed E-state index contributed by atoms with van der Waals surface area (Å²) in [7, 11) is 2.11. The van der Waals surface area contributed by atoms with Crippen molar-refractivity contribution in [1.29, 1.82) is 0 Å². The fourth-order valence-electron chi connectivity index (χ4n) is 3.57. The van der Waals surface area contributed by atoms with Gasteiger partial charge in [-0.3, -0.25) is 9.20 Å². The number of nitrogens with one attached hydrogen (secondary N) is 1. The summed E-state index contributed by atoms with van der Waals surface area (Å²) < 4.78 is 17.4. The Morgan fingerprint density at radius 3 is 2.94 bits per heavy atom. The van der Waals surface area contributed by atoms with E-state index in [9.17, 15) is 9.18 Å². The SMILES string of the molecule is CN1CCN(CCC(=O)Nc2nc3cc(F)c(Sc4cnc5ncccn45)cc3s2)CC1. The van der Waals surface area contributed by atoms with Gasteiger partial charge in [0.1, 0.15) is 10.8 Å². The summed E-state index contributed by atoms with van der Waals surface area (Å²) >= 11 is 2.63. The summed E-state index contributed by atoms with van der Waals surface area (Å²) in [4.78, 5) is 30.3. The zero-order valence-corrected chi connectivity index (χ0v) is 19.1. The van der Waals surface area contributed by atoms with E-state index in [1.807, 2.05) is 10.6 Å². The van der Waals surface area contributed by atoms with Crippen LogP contribution in [0.1, 0.15) is 6.42 Å². The highest BCUT2D eigenvalue weighted by molar-refractivity contribution is 7.99. The summed E-state index contributed by atoms with van der Waals surface area (Å²) in [5.41, 5.74) is 0.533. The molecule has 0 radical (unpaired) electrons. The van der Waals surface area contributed by atoms with Crippen molar-refractivity contribution in [1.82, 2.24) is 29.2 Å². The van der Waals surface area contributed by atoms with Crippen molar-refractivity contribution in [2.45, 2.75) is 16.3 Å². The highest BCUT2D eigenvalue weighted by Crippen LogP contribution is 2.35. The van der Waals surface area contributed by atoms with Gasteiger partial charge in [-0.2, -0.15) is 0 Å². The van der Waals surface area contributed by atoms with Crippen molar-refractivity contribution in [2.24, 2.45) is 0 Å². The smallest absolute Gasteiger partial charge is 0.234 e. The van der Waals surface area contributed by atoms with Crippen molar-refractivity contribution in [3.63, 3.8) is 0 Å². The van der Waals surface area contributed by atoms with Crippen molar-refractivity contribution in [2.75, 3.05) is 45.1 Å². The van der Waals surface area contributed by atoms with Gasteiger partial charge in [0, 0.05) is 57.6 Å². The number of halogens is 1. The van der Waals surface area contributed by atoms with Crippen LogP contribution in [-0.4, -0.2) is 74.8 Å². The molecule has 0 atom stereocenters. The number of likely N-dealkylation sites (N-methyl/N-ethyl adjacent to an activating group) is 1. The molecule has 4 heterocycles. The van der Waals surface area contributed by atoms with Gasteiger partial charge in [0.05, 0.1) is 21.3 Å². The molecule has 1 N–H and O–H groups in total. The molecule has 1 aliphatic heterocycles. The maximum Gasteiger partial charge on any atom is 0.234 e. The maximum absolute atomic E-state index is 14.7. The molecule has 3 aromatic heterocycles. The second-order valence-corrected chi connectivity index (χ2v) is 9.79. The van der Waals surface area contributed by atoms with Gasteiger partial charge in [-0.15, -0.1) is 0 Å². The highest BCUT2D eigenvalue weighted by Gasteiger charge is 2.17. The van der Waals surface area contributed by atoms with Crippen LogP contribution in [0.4, 0.5) is 9.52 Å². The lowest BCUT2D eigenvalue weighted by Crippen LogP contribution is -2.45. The number of carbonyl (C=O) groups excluding carboxylic acids is 1. The Morgan fingerprint density at radius 2 is 2.09 bits per heavy atom. The number of rotatable bonds is 6. The number of benzene rings is 1. The van der Waals surface area contributed by atoms with Gasteiger partial charge in [0.2, 0.25) is 11.7 Å². The van der Waals surface area contributed by atoms with Crippen molar-refractivity contribution in [3.05, 3.63) is 42.6 Å². The van der Waals surface area contributed by atoms with Gasteiger partial charge in [-0.25, -0.2) is 19.3 Å². The van der Waals surface area contributed by atoms with Crippen LogP contribution in [0.15, 0.2) is 46.7 Å². The van der Waals surface area contributed by atoms with E-state index in [1.54, 1.807) is 24.5 Å². The summed E-state index contributed by atoms with van der Waals surface area (Å²) in [6, 6.07) is 4.98. The molecule has 166 valence electrons. The van der Waals surface area contributed by atoms with Gasteiger partial charge in [0.15, 0.2) is 5.13 Å². The molecule has 32 heavy (non-hydrogen) atoms. The summed E-state index contributed by atoms with van der Waals surface area (Å²) in [6.07, 6.45) is 5.60. The average Bonchev–Trinajstić information content (AvgIpc) is 3.37. The van der Waals surface area contributed by atoms with E-state index in [-0.39, 0.29) is 11.7 Å². The van der Waals surface area contributed by atoms with Gasteiger partial charge in [-0.1, -0.05) is 23.1 Å². The van der Waals surface area contributed by atoms with E-state index < -0.39 is 0 Å². The fraction of sp³-hybridized carbons (Fsp3) is 0.333. The first-order chi connectivity index (χ1) is 15.5. The lowest BCUT2D eigenvalue weighted by atomic mass is 10.3. The molecule has 11 heteroatoms. The van der Waals surface area contributed by atoms with Crippen LogP contribution < -0.4 is 5.32 Å². The normalized spacial score (nSPS) is 15.6. The number of anilines is 1. The Kier molecular flexibility index (Phi) is 6.05. The third-order valence-corrected chi connectivity index (χ3v) is 7.39. The number of hydrogen-bond acceptors (Lipinski definition) is 8. The van der Waals surface area contributed by atoms with Crippen LogP contribution in [0.25, 0.3) is 16.0 Å². The first-order valence-electron chi connectivity index (χ1n) is 10.3. The monoisotopic (exact) mass is 471 g/mol. The third kappa shape index (κ3) is 4.60. The number of thiazole rings is 1. The summed E-state index contributed by atoms with van der Waals surface area (Å²) in [5, 5.41) is 4.13. The van der Waals surface area contributed by atoms with E-state index in [1.165, 1.54) is 29.2 Å². The number of nitrogens with zero attached hydrogens (tertiary/aromatic N) is 6. The molecule has 0 bridgehead atoms. The van der Waals surface area contributed by atoms with E-state index >= 15 is 0 Å². The van der Waals surface area contributed by atoms with Gasteiger partial charge < -0.3 is 15.1 Å². The van der Waals surface area contributed by atoms with Crippen molar-refractivity contribution in [3.8, 4) is 0 Å². The molecular formula is C21H22FN7OS2. The topological polar surface area (TPSA) is 78.7 Å². The second-order valence-electron chi connectivity index (χ2n) is 7.70. The Hall–Kier alpha value is -2.60. The van der Waals surface area contributed by atoms with E-state index in [0.29, 0.717) is 27.7 Å². The molecule has 1 aromatic carbocycles. The third-order valence-electron chi connectivity index (χ3n) is 5.41. The molecule has 1 fully saturated rings. The molecule has 0 aliphatic carbocycles. The zero-order chi connectivity index (χ0) is 22.1. The van der Waals surface area contributed by atoms with Crippen LogP contribution >= 0.6 is 23.1 Å². The van der Waals surface area contributed by atoms with E-state index in [0.717, 1.165) is 42.4 Å². The van der Waals surface area contributed by atoms with Crippen LogP contribution in [0, 0.1) is 5.82 Å². The quantitative estimate of drug-likeness (QED) is 0.463. The molecule has 5 rings (SSSR count). The standard InChI is InChI=1S/C21H22FN7OS2/c1-27-7-9-28(10-8-27)6-3-18(30)26-21-25-15-11-14(22)16(12-17(15)32-21)31-19-13-24-20-23-4-2-5-29(19)20/h2,4-5,11-13H,3,6-10H2,1H3,(H,25,26,30). The van der Waals surface area contributed by atoms with E-state index in [4.69, 9.17) is 0 Å². The number of carbonyl (C=O) groups is 1. The molecule has 1 saturated heterocycles. The number of piperazine rings is 1. The highest BCUT2D eigenvalue weighted by atomic mass is 32.2. The minimum absolute atomic E-state index is 0.0729. The predicted octanol–water partition coefficient (Wildman–Crippen LogP) is 3.21. The first-order valence-corrected chi connectivity index (χ1v) is 12.0. The van der Waals surface area contributed by atoms with Crippen LogP contribution in [-0.2, 0) is 4.79 Å². The van der Waals surface area contributed by atoms with Gasteiger partial charge in [-0.05, 0) is 19.2 Å². The van der Waals surface area contributed by atoms with Crippen LogP contribution in [0.5, 0.6) is 0 Å². The lowest BCUT2D eigenvalue weighted by Gasteiger charge is -2.32. The van der Waals surface area contributed by atoms with Crippen LogP contribution in [0.3, 0.4) is 0 Å². The number of hydrogen-bond donors (Lipinski definition) is 1. The summed E-state index contributed by atoms with van der Waals surface area (Å²) in [6.45, 7) is 4.74. The summed E-state index contributed by atoms with van der Waals surface area (Å²) in [5.74, 6) is 0.131. The number of aromatic nitrogens is 4. The predicted molar refractivity (Wildman–Crippen MR) is 124 cm³/mol. The lowest BCUT2D eigenvalue weighted by molar-refractivity contribution is -0.116. The Balaban J connectivity index is 1.26. The Labute approximate surface area is 192 Å². The Morgan fingerprint density at radius 1 is 1.25 bits per heavy atom. The number of amides is 1. The molecule has 8 nitrogen and oxygen atoms in total. The van der Waals surface area contributed by atoms with Gasteiger partial charge >= 0.3 is 0 Å². The average molecular weight is 472 g/mol. The molecule has 0 saturated carbocycles. The number of imidazole rings is 1. The molecular weight excluding hydrogens is 449 g/mol. The minimum Gasteiger partial charge on any atom is -0.304 e. The zero-order valence-electron chi connectivity index (χ0n) is 17.5. The maximum atomic E-state index is 14.7. The molecule has 4 aromatic rings. The minimum atomic E-state index is -0.361. The van der Waals surface area contributed by atoms with Crippen LogP contribution in [0.2, 0.25) is 0 Å². The molecule has 1 aliphatic rings. The van der Waals surface area contributed by atoms with Crippen molar-refractivity contribution < 1.29 is 9.18 Å². The molecule has 1 amide bonds. The fourth-order valence-corrected chi connectivity index (χ4v) is 5.45. The first kappa shape index (κ1) is 21.3. The van der Waals surface area contributed by atoms with Gasteiger partial charge in [0.25, 0.3) is 0 Å². The second kappa shape index (κ2) is 9.10. The number of fused-ring (bicyclic) bond motifs is 2. The van der Waals surface area contributed by atoms with E-state index in [2.05, 4.69) is 37.1 Å². The largest absolute Gasteiger partial charge is 0.304 e.